The minimum atomic E-state index is -0.244. The molecule has 0 saturated carbocycles. The third-order valence-electron chi connectivity index (χ3n) is 2.75. The van der Waals surface area contributed by atoms with E-state index in [1.807, 2.05) is 6.07 Å². The van der Waals surface area contributed by atoms with Crippen LogP contribution in [-0.4, -0.2) is 16.7 Å². The number of ketones is 2. The summed E-state index contributed by atoms with van der Waals surface area (Å²) in [7, 11) is 0. The van der Waals surface area contributed by atoms with Crippen molar-refractivity contribution in [3.63, 3.8) is 0 Å². The van der Waals surface area contributed by atoms with Gasteiger partial charge in [-0.3, -0.25) is 9.59 Å². The molecule has 0 spiro atoms. The highest BCUT2D eigenvalue weighted by Crippen LogP contribution is 2.41. The Balaban J connectivity index is 2.91. The second-order valence-electron chi connectivity index (χ2n) is 3.95. The first-order chi connectivity index (χ1) is 8.04. The van der Waals surface area contributed by atoms with E-state index in [4.69, 9.17) is 0 Å². The highest BCUT2D eigenvalue weighted by atomic mass is 16.3. The Kier molecular flexibility index (Phi) is 2.68. The van der Waals surface area contributed by atoms with Gasteiger partial charge in [-0.15, -0.1) is 0 Å². The van der Waals surface area contributed by atoms with Crippen molar-refractivity contribution in [1.82, 2.24) is 0 Å². The van der Waals surface area contributed by atoms with Crippen LogP contribution in [0, 0.1) is 0 Å². The van der Waals surface area contributed by atoms with Crippen molar-refractivity contribution >= 4 is 11.6 Å². The summed E-state index contributed by atoms with van der Waals surface area (Å²) in [6.07, 6.45) is 0. The van der Waals surface area contributed by atoms with Gasteiger partial charge in [-0.1, -0.05) is 30.3 Å². The second-order valence-corrected chi connectivity index (χ2v) is 3.95. The van der Waals surface area contributed by atoms with Gasteiger partial charge in [-0.25, -0.2) is 0 Å². The SMILES string of the molecule is CC(=O)c1c2cccccc-2c(C(C)=O)c1O. The summed E-state index contributed by atoms with van der Waals surface area (Å²) in [5, 5.41) is 9.99. The smallest absolute Gasteiger partial charge is 0.164 e. The van der Waals surface area contributed by atoms with Gasteiger partial charge < -0.3 is 5.11 Å². The van der Waals surface area contributed by atoms with Crippen molar-refractivity contribution in [3.05, 3.63) is 41.5 Å². The molecule has 0 bridgehead atoms. The highest BCUT2D eigenvalue weighted by molar-refractivity contribution is 6.14. The number of Topliss-reactive ketones (excluding diaryl/α,β-unsaturated/α-hetero) is 2. The van der Waals surface area contributed by atoms with Crippen molar-refractivity contribution in [2.45, 2.75) is 13.8 Å². The van der Waals surface area contributed by atoms with Crippen molar-refractivity contribution in [1.29, 1.82) is 0 Å². The van der Waals surface area contributed by atoms with Crippen LogP contribution in [0.15, 0.2) is 30.3 Å². The average molecular weight is 228 g/mol. The van der Waals surface area contributed by atoms with E-state index in [1.54, 1.807) is 24.3 Å². The van der Waals surface area contributed by atoms with Crippen LogP contribution in [0.2, 0.25) is 0 Å². The lowest BCUT2D eigenvalue weighted by Crippen LogP contribution is -1.92. The Morgan fingerprint density at radius 2 is 1.29 bits per heavy atom. The van der Waals surface area contributed by atoms with Gasteiger partial charge in [0.15, 0.2) is 11.6 Å². The third kappa shape index (κ3) is 1.69. The first kappa shape index (κ1) is 11.3. The third-order valence-corrected chi connectivity index (χ3v) is 2.75. The Hall–Kier alpha value is -2.16. The molecule has 2 rings (SSSR count). The Morgan fingerprint density at radius 1 is 0.882 bits per heavy atom. The molecule has 0 aliphatic heterocycles. The van der Waals surface area contributed by atoms with Crippen LogP contribution in [0.5, 0.6) is 5.75 Å². The second kappa shape index (κ2) is 4.01. The summed E-state index contributed by atoms with van der Waals surface area (Å²) in [4.78, 5) is 23.1. The maximum atomic E-state index is 11.5. The molecule has 3 nitrogen and oxygen atoms in total. The first-order valence-corrected chi connectivity index (χ1v) is 5.29. The Morgan fingerprint density at radius 3 is 1.65 bits per heavy atom. The molecule has 1 N–H and O–H groups in total. The van der Waals surface area contributed by atoms with E-state index in [0.29, 0.717) is 11.1 Å². The number of carbonyl (C=O) groups is 2. The van der Waals surface area contributed by atoms with E-state index in [1.165, 1.54) is 13.8 Å². The summed E-state index contributed by atoms with van der Waals surface area (Å²) in [6.45, 7) is 2.76. The molecule has 0 aromatic heterocycles. The lowest BCUT2D eigenvalue weighted by atomic mass is 10.1. The molecule has 0 amide bonds. The molecule has 86 valence electrons. The van der Waals surface area contributed by atoms with Gasteiger partial charge in [0.25, 0.3) is 0 Å². The summed E-state index contributed by atoms with van der Waals surface area (Å²) in [6, 6.07) is 8.83. The predicted molar refractivity (Wildman–Crippen MR) is 64.7 cm³/mol. The topological polar surface area (TPSA) is 54.4 Å². The maximum absolute atomic E-state index is 11.5. The van der Waals surface area contributed by atoms with Crippen LogP contribution < -0.4 is 0 Å². The average Bonchev–Trinajstić information content (AvgIpc) is 2.39. The zero-order chi connectivity index (χ0) is 12.6. The van der Waals surface area contributed by atoms with Crippen molar-refractivity contribution < 1.29 is 14.7 Å². The van der Waals surface area contributed by atoms with Gasteiger partial charge in [0.1, 0.15) is 5.75 Å². The summed E-state index contributed by atoms with van der Waals surface area (Å²) in [5.74, 6) is -0.691. The van der Waals surface area contributed by atoms with Crippen LogP contribution >= 0.6 is 0 Å². The van der Waals surface area contributed by atoms with Gasteiger partial charge in [0.05, 0.1) is 11.1 Å². The van der Waals surface area contributed by atoms with Gasteiger partial charge in [0.2, 0.25) is 0 Å². The molecule has 2 aliphatic carbocycles. The van der Waals surface area contributed by atoms with Gasteiger partial charge >= 0.3 is 0 Å². The Bertz CT molecular complexity index is 536. The number of hydrogen-bond acceptors (Lipinski definition) is 3. The van der Waals surface area contributed by atoms with E-state index in [2.05, 4.69) is 0 Å². The minimum Gasteiger partial charge on any atom is -0.506 e. The largest absolute Gasteiger partial charge is 0.506 e. The summed E-state index contributed by atoms with van der Waals surface area (Å²) < 4.78 is 0. The quantitative estimate of drug-likeness (QED) is 0.804. The minimum absolute atomic E-state index is 0.203. The number of rotatable bonds is 2. The Labute approximate surface area is 99.0 Å². The van der Waals surface area contributed by atoms with E-state index in [9.17, 15) is 14.7 Å². The van der Waals surface area contributed by atoms with Crippen LogP contribution in [0.25, 0.3) is 11.1 Å². The molecule has 17 heavy (non-hydrogen) atoms. The molecule has 0 aromatic rings. The summed E-state index contributed by atoms with van der Waals surface area (Å²) >= 11 is 0. The molecule has 0 saturated heterocycles. The molecule has 0 aromatic carbocycles. The van der Waals surface area contributed by atoms with E-state index in [-0.39, 0.29) is 28.4 Å². The number of hydrogen-bond donors (Lipinski definition) is 1. The zero-order valence-corrected chi connectivity index (χ0v) is 9.65. The molecule has 0 atom stereocenters. The predicted octanol–water partition coefficient (Wildman–Crippen LogP) is 2.90. The molecular weight excluding hydrogens is 216 g/mol. The molecule has 3 heteroatoms. The monoisotopic (exact) mass is 228 g/mol. The van der Waals surface area contributed by atoms with E-state index < -0.39 is 0 Å². The van der Waals surface area contributed by atoms with Crippen LogP contribution in [0.1, 0.15) is 34.6 Å². The highest BCUT2D eigenvalue weighted by Gasteiger charge is 2.26. The van der Waals surface area contributed by atoms with Crippen molar-refractivity contribution in [3.8, 4) is 16.9 Å². The number of carbonyl (C=O) groups excluding carboxylic acids is 2. The lowest BCUT2D eigenvalue weighted by molar-refractivity contribution is 0.101. The molecule has 0 unspecified atom stereocenters. The molecule has 0 fully saturated rings. The van der Waals surface area contributed by atoms with Gasteiger partial charge in [-0.2, -0.15) is 0 Å². The van der Waals surface area contributed by atoms with Crippen LogP contribution in [0.3, 0.4) is 0 Å². The van der Waals surface area contributed by atoms with Gasteiger partial charge in [0, 0.05) is 0 Å². The molecule has 0 heterocycles. The van der Waals surface area contributed by atoms with Gasteiger partial charge in [-0.05, 0) is 25.0 Å². The molecule has 0 radical (unpaired) electrons. The number of aromatic hydroxyl groups is 1. The van der Waals surface area contributed by atoms with E-state index >= 15 is 0 Å². The molecule has 2 aliphatic rings. The van der Waals surface area contributed by atoms with E-state index in [0.717, 1.165) is 0 Å². The zero-order valence-electron chi connectivity index (χ0n) is 9.65. The van der Waals surface area contributed by atoms with Crippen molar-refractivity contribution in [2.24, 2.45) is 0 Å². The normalized spacial score (nSPS) is 10.5. The maximum Gasteiger partial charge on any atom is 0.164 e. The molecular formula is C14H12O3. The fraction of sp³-hybridized carbons (Fsp3) is 0.143. The van der Waals surface area contributed by atoms with Crippen LogP contribution in [-0.2, 0) is 0 Å². The first-order valence-electron chi connectivity index (χ1n) is 5.29. The fourth-order valence-corrected chi connectivity index (χ4v) is 2.08. The number of fused-ring (bicyclic) bond motifs is 1. The van der Waals surface area contributed by atoms with Crippen LogP contribution in [0.4, 0.5) is 0 Å². The lowest BCUT2D eigenvalue weighted by Gasteiger charge is -1.96. The van der Waals surface area contributed by atoms with Crippen molar-refractivity contribution in [2.75, 3.05) is 0 Å². The standard InChI is InChI=1S/C14H12O3/c1-8(15)12-10-6-4-3-5-7-11(10)13(9(2)16)14(12)17/h3-7,17H,1-2H3. The fourth-order valence-electron chi connectivity index (χ4n) is 2.08. The summed E-state index contributed by atoms with van der Waals surface area (Å²) in [5.41, 5.74) is 1.68.